The monoisotopic (exact) mass is 409 g/mol. The first-order valence-electron chi connectivity index (χ1n) is 8.42. The van der Waals surface area contributed by atoms with Crippen molar-refractivity contribution in [1.29, 1.82) is 0 Å². The number of halogens is 1. The molecular weight excluding hydrogens is 390 g/mol. The maximum absolute atomic E-state index is 12.0. The van der Waals surface area contributed by atoms with Gasteiger partial charge in [-0.2, -0.15) is 0 Å². The predicted molar refractivity (Wildman–Crippen MR) is 108 cm³/mol. The Hall–Kier alpha value is -2.59. The number of hydrogen-bond donors (Lipinski definition) is 1. The van der Waals surface area contributed by atoms with Gasteiger partial charge in [0.25, 0.3) is 5.91 Å². The van der Waals surface area contributed by atoms with Crippen LogP contribution in [0.5, 0.6) is 5.75 Å². The van der Waals surface area contributed by atoms with Crippen LogP contribution in [0.1, 0.15) is 11.1 Å². The van der Waals surface area contributed by atoms with Crippen molar-refractivity contribution >= 4 is 21.8 Å². The summed E-state index contributed by atoms with van der Waals surface area (Å²) in [6.45, 7) is 2.52. The van der Waals surface area contributed by atoms with Crippen molar-refractivity contribution in [3.8, 4) is 16.9 Å². The fourth-order valence-electron chi connectivity index (χ4n) is 2.53. The summed E-state index contributed by atoms with van der Waals surface area (Å²) in [6, 6.07) is 24.1. The lowest BCUT2D eigenvalue weighted by Crippen LogP contribution is -2.28. The number of hydrogen-bond acceptors (Lipinski definition) is 2. The van der Waals surface area contributed by atoms with E-state index in [1.807, 2.05) is 67.6 Å². The molecule has 0 saturated carbocycles. The fraction of sp³-hybridized carbons (Fsp3) is 0.136. The Bertz CT molecular complexity index is 876. The molecule has 0 spiro atoms. The second-order valence-corrected chi connectivity index (χ2v) is 6.92. The Morgan fingerprint density at radius 3 is 2.38 bits per heavy atom. The van der Waals surface area contributed by atoms with Gasteiger partial charge in [0.15, 0.2) is 6.61 Å². The fourth-order valence-corrected chi connectivity index (χ4v) is 3.02. The summed E-state index contributed by atoms with van der Waals surface area (Å²) in [5.41, 5.74) is 4.49. The third-order valence-electron chi connectivity index (χ3n) is 4.01. The van der Waals surface area contributed by atoms with E-state index < -0.39 is 0 Å². The summed E-state index contributed by atoms with van der Waals surface area (Å²) < 4.78 is 6.46. The van der Waals surface area contributed by atoms with Crippen LogP contribution in [0.4, 0.5) is 0 Å². The van der Waals surface area contributed by atoms with Crippen molar-refractivity contribution in [2.24, 2.45) is 0 Å². The average molecular weight is 410 g/mol. The zero-order chi connectivity index (χ0) is 18.4. The molecule has 1 N–H and O–H groups in total. The quantitative estimate of drug-likeness (QED) is 0.613. The molecule has 0 heterocycles. The van der Waals surface area contributed by atoms with Crippen LogP contribution in [-0.2, 0) is 11.3 Å². The molecule has 0 radical (unpaired) electrons. The molecule has 3 aromatic rings. The number of nitrogens with one attached hydrogen (secondary N) is 1. The van der Waals surface area contributed by atoms with Gasteiger partial charge in [0.2, 0.25) is 0 Å². The number of aryl methyl sites for hydroxylation is 1. The zero-order valence-corrected chi connectivity index (χ0v) is 16.1. The summed E-state index contributed by atoms with van der Waals surface area (Å²) in [7, 11) is 0. The molecule has 0 saturated heterocycles. The third kappa shape index (κ3) is 4.96. The number of ether oxygens (including phenoxy) is 1. The molecule has 0 bridgehead atoms. The van der Waals surface area contributed by atoms with Gasteiger partial charge in [-0.15, -0.1) is 0 Å². The lowest BCUT2D eigenvalue weighted by Gasteiger charge is -2.10. The van der Waals surface area contributed by atoms with E-state index in [1.54, 1.807) is 0 Å². The highest BCUT2D eigenvalue weighted by Gasteiger charge is 2.07. The summed E-state index contributed by atoms with van der Waals surface area (Å²) >= 11 is 3.52. The van der Waals surface area contributed by atoms with Gasteiger partial charge in [0.1, 0.15) is 5.75 Å². The van der Waals surface area contributed by atoms with Crippen molar-refractivity contribution < 1.29 is 9.53 Å². The molecule has 0 atom stereocenters. The second-order valence-electron chi connectivity index (χ2n) is 6.06. The molecule has 3 rings (SSSR count). The number of amides is 1. The Kier molecular flexibility index (Phi) is 6.08. The van der Waals surface area contributed by atoms with Crippen LogP contribution < -0.4 is 10.1 Å². The van der Waals surface area contributed by atoms with Crippen molar-refractivity contribution in [3.05, 3.63) is 88.4 Å². The first-order valence-corrected chi connectivity index (χ1v) is 9.21. The van der Waals surface area contributed by atoms with Crippen molar-refractivity contribution in [3.63, 3.8) is 0 Å². The number of carbonyl (C=O) groups is 1. The van der Waals surface area contributed by atoms with Gasteiger partial charge >= 0.3 is 0 Å². The Labute approximate surface area is 162 Å². The zero-order valence-electron chi connectivity index (χ0n) is 14.5. The molecule has 0 aromatic heterocycles. The number of carbonyl (C=O) groups excluding carboxylic acids is 1. The van der Waals surface area contributed by atoms with E-state index in [0.717, 1.165) is 21.2 Å². The van der Waals surface area contributed by atoms with E-state index in [0.29, 0.717) is 12.3 Å². The summed E-state index contributed by atoms with van der Waals surface area (Å²) in [5, 5.41) is 2.87. The lowest BCUT2D eigenvalue weighted by molar-refractivity contribution is -0.123. The van der Waals surface area contributed by atoms with E-state index in [4.69, 9.17) is 4.74 Å². The third-order valence-corrected chi connectivity index (χ3v) is 4.63. The second kappa shape index (κ2) is 8.68. The molecule has 26 heavy (non-hydrogen) atoms. The van der Waals surface area contributed by atoms with E-state index >= 15 is 0 Å². The Morgan fingerprint density at radius 1 is 0.962 bits per heavy atom. The minimum Gasteiger partial charge on any atom is -0.483 e. The van der Waals surface area contributed by atoms with Gasteiger partial charge in [-0.3, -0.25) is 4.79 Å². The van der Waals surface area contributed by atoms with Crippen LogP contribution in [0.3, 0.4) is 0 Å². The molecular formula is C22H20BrNO2. The predicted octanol–water partition coefficient (Wildman–Crippen LogP) is 5.12. The molecule has 132 valence electrons. The summed E-state index contributed by atoms with van der Waals surface area (Å²) in [4.78, 5) is 12.0. The minimum absolute atomic E-state index is 0.0187. The van der Waals surface area contributed by atoms with E-state index in [1.165, 1.54) is 5.56 Å². The highest BCUT2D eigenvalue weighted by Crippen LogP contribution is 2.30. The summed E-state index contributed by atoms with van der Waals surface area (Å²) in [6.07, 6.45) is 0. The van der Waals surface area contributed by atoms with Gasteiger partial charge in [-0.05, 0) is 51.7 Å². The van der Waals surface area contributed by atoms with Gasteiger partial charge in [-0.1, -0.05) is 66.2 Å². The molecule has 1 amide bonds. The smallest absolute Gasteiger partial charge is 0.258 e. The molecule has 4 heteroatoms. The van der Waals surface area contributed by atoms with Gasteiger partial charge in [0, 0.05) is 6.54 Å². The topological polar surface area (TPSA) is 38.3 Å². The number of benzene rings is 3. The van der Waals surface area contributed by atoms with E-state index in [9.17, 15) is 4.79 Å². The van der Waals surface area contributed by atoms with Crippen LogP contribution >= 0.6 is 15.9 Å². The molecule has 0 aliphatic carbocycles. The van der Waals surface area contributed by atoms with Crippen LogP contribution in [0.15, 0.2) is 77.3 Å². The lowest BCUT2D eigenvalue weighted by atomic mass is 10.1. The largest absolute Gasteiger partial charge is 0.483 e. The van der Waals surface area contributed by atoms with Crippen LogP contribution in [0.25, 0.3) is 11.1 Å². The molecule has 3 aromatic carbocycles. The highest BCUT2D eigenvalue weighted by atomic mass is 79.9. The first-order chi connectivity index (χ1) is 12.6. The van der Waals surface area contributed by atoms with Crippen LogP contribution in [-0.4, -0.2) is 12.5 Å². The van der Waals surface area contributed by atoms with Gasteiger partial charge < -0.3 is 10.1 Å². The maximum atomic E-state index is 12.0. The number of rotatable bonds is 6. The maximum Gasteiger partial charge on any atom is 0.258 e. The Balaban J connectivity index is 1.54. The normalized spacial score (nSPS) is 10.4. The Morgan fingerprint density at radius 2 is 1.69 bits per heavy atom. The minimum atomic E-state index is -0.149. The van der Waals surface area contributed by atoms with E-state index in [2.05, 4.69) is 33.4 Å². The average Bonchev–Trinajstić information content (AvgIpc) is 2.67. The SMILES string of the molecule is Cc1ccc(CNC(=O)COc2ccc(-c3ccccc3)cc2Br)cc1. The van der Waals surface area contributed by atoms with Gasteiger partial charge in [-0.25, -0.2) is 0 Å². The standard InChI is InChI=1S/C22H20BrNO2/c1-16-7-9-17(10-8-16)14-24-22(25)15-26-21-12-11-19(13-20(21)23)18-5-3-2-4-6-18/h2-13H,14-15H2,1H3,(H,24,25). The molecule has 0 unspecified atom stereocenters. The highest BCUT2D eigenvalue weighted by molar-refractivity contribution is 9.10. The molecule has 0 aliphatic rings. The van der Waals surface area contributed by atoms with Gasteiger partial charge in [0.05, 0.1) is 4.47 Å². The summed E-state index contributed by atoms with van der Waals surface area (Å²) in [5.74, 6) is 0.500. The van der Waals surface area contributed by atoms with Crippen LogP contribution in [0.2, 0.25) is 0 Å². The van der Waals surface area contributed by atoms with Crippen LogP contribution in [0, 0.1) is 6.92 Å². The molecule has 0 aliphatic heterocycles. The molecule has 0 fully saturated rings. The van der Waals surface area contributed by atoms with E-state index in [-0.39, 0.29) is 12.5 Å². The van der Waals surface area contributed by atoms with Crippen molar-refractivity contribution in [1.82, 2.24) is 5.32 Å². The van der Waals surface area contributed by atoms with Crippen molar-refractivity contribution in [2.75, 3.05) is 6.61 Å². The van der Waals surface area contributed by atoms with Crippen molar-refractivity contribution in [2.45, 2.75) is 13.5 Å². The first kappa shape index (κ1) is 18.2. The molecule has 3 nitrogen and oxygen atoms in total.